The molecule has 0 bridgehead atoms. The van der Waals surface area contributed by atoms with Crippen LogP contribution in [0.1, 0.15) is 24.8 Å². The van der Waals surface area contributed by atoms with Crippen LogP contribution in [0.15, 0.2) is 18.2 Å². The second-order valence-electron chi connectivity index (χ2n) is 4.81. The van der Waals surface area contributed by atoms with E-state index in [0.29, 0.717) is 16.5 Å². The van der Waals surface area contributed by atoms with Crippen LogP contribution in [0.3, 0.4) is 0 Å². The summed E-state index contributed by atoms with van der Waals surface area (Å²) < 4.78 is 0. The lowest BCUT2D eigenvalue weighted by atomic mass is 10.1. The number of rotatable bonds is 6. The van der Waals surface area contributed by atoms with Crippen LogP contribution in [-0.2, 0) is 10.5 Å². The Morgan fingerprint density at radius 3 is 2.61 bits per heavy atom. The lowest BCUT2D eigenvalue weighted by Gasteiger charge is -2.11. The van der Waals surface area contributed by atoms with E-state index in [-0.39, 0.29) is 5.41 Å². The number of thioether (sulfide) groups is 1. The number of halogens is 2. The van der Waals surface area contributed by atoms with Crippen molar-refractivity contribution >= 4 is 40.9 Å². The molecular formula is C13H14Cl2O2S. The molecule has 1 aromatic carbocycles. The van der Waals surface area contributed by atoms with Crippen LogP contribution < -0.4 is 0 Å². The highest BCUT2D eigenvalue weighted by molar-refractivity contribution is 7.98. The molecule has 1 aliphatic carbocycles. The molecule has 0 aliphatic heterocycles. The number of carboxylic acids is 1. The summed E-state index contributed by atoms with van der Waals surface area (Å²) in [6, 6.07) is 5.62. The molecule has 0 amide bonds. The highest BCUT2D eigenvalue weighted by atomic mass is 35.5. The summed E-state index contributed by atoms with van der Waals surface area (Å²) in [7, 11) is 0. The third kappa shape index (κ3) is 3.81. The minimum Gasteiger partial charge on any atom is -0.481 e. The van der Waals surface area contributed by atoms with E-state index in [2.05, 4.69) is 0 Å². The average molecular weight is 305 g/mol. The lowest BCUT2D eigenvalue weighted by molar-refractivity contribution is -0.138. The van der Waals surface area contributed by atoms with E-state index in [0.717, 1.165) is 29.9 Å². The van der Waals surface area contributed by atoms with Crippen molar-refractivity contribution in [2.75, 3.05) is 5.75 Å². The zero-order valence-electron chi connectivity index (χ0n) is 9.79. The highest BCUT2D eigenvalue weighted by Crippen LogP contribution is 2.51. The largest absolute Gasteiger partial charge is 0.481 e. The Morgan fingerprint density at radius 2 is 2.06 bits per heavy atom. The van der Waals surface area contributed by atoms with Crippen LogP contribution in [0.4, 0.5) is 0 Å². The van der Waals surface area contributed by atoms with E-state index in [4.69, 9.17) is 28.3 Å². The molecule has 98 valence electrons. The first-order chi connectivity index (χ1) is 8.51. The van der Waals surface area contributed by atoms with Crippen molar-refractivity contribution in [3.63, 3.8) is 0 Å². The molecule has 1 aliphatic rings. The van der Waals surface area contributed by atoms with Crippen molar-refractivity contribution in [1.82, 2.24) is 0 Å². The molecule has 0 spiro atoms. The summed E-state index contributed by atoms with van der Waals surface area (Å²) in [4.78, 5) is 10.7. The number of aliphatic carboxylic acids is 1. The fourth-order valence-electron chi connectivity index (χ4n) is 1.88. The molecule has 0 saturated heterocycles. The standard InChI is InChI=1S/C13H14Cl2O2S/c14-10-2-1-9(5-11(10)15)7-18-8-13(3-4-13)6-12(16)17/h1-2,5H,3-4,6-8H2,(H,16,17). The fourth-order valence-corrected chi connectivity index (χ4v) is 3.55. The zero-order valence-corrected chi connectivity index (χ0v) is 12.1. The maximum absolute atomic E-state index is 10.7. The van der Waals surface area contributed by atoms with Crippen molar-refractivity contribution in [3.05, 3.63) is 33.8 Å². The second kappa shape index (κ2) is 5.72. The predicted molar refractivity (Wildman–Crippen MR) is 76.5 cm³/mol. The number of carboxylic acid groups (broad SMARTS) is 1. The van der Waals surface area contributed by atoms with Crippen LogP contribution in [-0.4, -0.2) is 16.8 Å². The molecule has 1 N–H and O–H groups in total. The van der Waals surface area contributed by atoms with Gasteiger partial charge in [-0.25, -0.2) is 0 Å². The summed E-state index contributed by atoms with van der Waals surface area (Å²) in [5.41, 5.74) is 1.17. The molecule has 0 unspecified atom stereocenters. The van der Waals surface area contributed by atoms with Crippen molar-refractivity contribution in [2.24, 2.45) is 5.41 Å². The first kappa shape index (κ1) is 14.0. The summed E-state index contributed by atoms with van der Waals surface area (Å²) in [5, 5.41) is 9.97. The average Bonchev–Trinajstić information content (AvgIpc) is 3.02. The van der Waals surface area contributed by atoms with Gasteiger partial charge in [-0.15, -0.1) is 0 Å². The van der Waals surface area contributed by atoms with Gasteiger partial charge < -0.3 is 5.11 Å². The van der Waals surface area contributed by atoms with Gasteiger partial charge in [-0.3, -0.25) is 4.79 Å². The Bertz CT molecular complexity index is 458. The number of hydrogen-bond donors (Lipinski definition) is 1. The molecule has 1 aromatic rings. The van der Waals surface area contributed by atoms with Gasteiger partial charge in [0.1, 0.15) is 0 Å². The summed E-state index contributed by atoms with van der Waals surface area (Å²) in [6.45, 7) is 0. The number of carbonyl (C=O) groups is 1. The van der Waals surface area contributed by atoms with E-state index in [1.807, 2.05) is 12.1 Å². The monoisotopic (exact) mass is 304 g/mol. The van der Waals surface area contributed by atoms with E-state index in [1.54, 1.807) is 17.8 Å². The first-order valence-corrected chi connectivity index (χ1v) is 7.65. The van der Waals surface area contributed by atoms with Gasteiger partial charge in [-0.2, -0.15) is 11.8 Å². The molecular weight excluding hydrogens is 291 g/mol. The van der Waals surface area contributed by atoms with Gasteiger partial charge >= 0.3 is 5.97 Å². The third-order valence-electron chi connectivity index (χ3n) is 3.14. The van der Waals surface area contributed by atoms with Gasteiger partial charge in [0.05, 0.1) is 16.5 Å². The fraction of sp³-hybridized carbons (Fsp3) is 0.462. The van der Waals surface area contributed by atoms with Crippen molar-refractivity contribution in [3.8, 4) is 0 Å². The van der Waals surface area contributed by atoms with Gasteiger partial charge in [-0.05, 0) is 41.7 Å². The molecule has 1 fully saturated rings. The summed E-state index contributed by atoms with van der Waals surface area (Å²) >= 11 is 13.6. The van der Waals surface area contributed by atoms with Crippen molar-refractivity contribution in [1.29, 1.82) is 0 Å². The minimum atomic E-state index is -0.692. The normalized spacial score (nSPS) is 16.6. The molecule has 5 heteroatoms. The molecule has 0 heterocycles. The van der Waals surface area contributed by atoms with Crippen LogP contribution in [0.25, 0.3) is 0 Å². The van der Waals surface area contributed by atoms with Gasteiger partial charge in [0, 0.05) is 5.75 Å². The first-order valence-electron chi connectivity index (χ1n) is 5.74. The summed E-state index contributed by atoms with van der Waals surface area (Å²) in [5.74, 6) is 1.06. The number of hydrogen-bond acceptors (Lipinski definition) is 2. The van der Waals surface area contributed by atoms with Crippen molar-refractivity contribution < 1.29 is 9.90 Å². The smallest absolute Gasteiger partial charge is 0.303 e. The maximum Gasteiger partial charge on any atom is 0.303 e. The molecule has 0 radical (unpaired) electrons. The molecule has 0 aromatic heterocycles. The summed E-state index contributed by atoms with van der Waals surface area (Å²) in [6.07, 6.45) is 2.36. The molecule has 2 nitrogen and oxygen atoms in total. The Hall–Kier alpha value is -0.380. The van der Waals surface area contributed by atoms with E-state index >= 15 is 0 Å². The minimum absolute atomic E-state index is 0.0483. The van der Waals surface area contributed by atoms with Gasteiger partial charge in [0.15, 0.2) is 0 Å². The highest BCUT2D eigenvalue weighted by Gasteiger charge is 2.43. The van der Waals surface area contributed by atoms with E-state index in [1.165, 1.54) is 0 Å². The Balaban J connectivity index is 1.82. The predicted octanol–water partition coefficient (Wildman–Crippen LogP) is 4.48. The molecule has 2 rings (SSSR count). The quantitative estimate of drug-likeness (QED) is 0.842. The van der Waals surface area contributed by atoms with Crippen molar-refractivity contribution in [2.45, 2.75) is 25.0 Å². The Labute approximate surface area is 121 Å². The topological polar surface area (TPSA) is 37.3 Å². The third-order valence-corrected chi connectivity index (χ3v) is 5.24. The Kier molecular flexibility index (Phi) is 4.46. The maximum atomic E-state index is 10.7. The second-order valence-corrected chi connectivity index (χ2v) is 6.61. The SMILES string of the molecule is O=C(O)CC1(CSCc2ccc(Cl)c(Cl)c2)CC1. The van der Waals surface area contributed by atoms with Gasteiger partial charge in [0.25, 0.3) is 0 Å². The number of benzene rings is 1. The molecule has 1 saturated carbocycles. The van der Waals surface area contributed by atoms with Crippen LogP contribution in [0.2, 0.25) is 10.0 Å². The lowest BCUT2D eigenvalue weighted by Crippen LogP contribution is -2.11. The van der Waals surface area contributed by atoms with Crippen LogP contribution >= 0.6 is 35.0 Å². The van der Waals surface area contributed by atoms with Gasteiger partial charge in [0.2, 0.25) is 0 Å². The zero-order chi connectivity index (χ0) is 13.2. The molecule has 0 atom stereocenters. The Morgan fingerprint density at radius 1 is 1.33 bits per heavy atom. The van der Waals surface area contributed by atoms with E-state index in [9.17, 15) is 4.79 Å². The van der Waals surface area contributed by atoms with E-state index < -0.39 is 5.97 Å². The van der Waals surface area contributed by atoms with Gasteiger partial charge in [-0.1, -0.05) is 29.3 Å². The molecule has 18 heavy (non-hydrogen) atoms. The van der Waals surface area contributed by atoms with Crippen LogP contribution in [0, 0.1) is 5.41 Å². The van der Waals surface area contributed by atoms with Crippen LogP contribution in [0.5, 0.6) is 0 Å².